The standard InChI is InChI=1S/C9H20B2/c1-8(10)9(11)6-4-2-3-5-7-9/h8H,2-7,10-11H2,1H3. The maximum Gasteiger partial charge on any atom is 0.108 e. The lowest BCUT2D eigenvalue weighted by Gasteiger charge is -2.32. The van der Waals surface area contributed by atoms with Gasteiger partial charge in [-0.3, -0.25) is 0 Å². The smallest absolute Gasteiger partial charge is 0.0740 e. The summed E-state index contributed by atoms with van der Waals surface area (Å²) < 4.78 is 0. The third-order valence-electron chi connectivity index (χ3n) is 3.64. The van der Waals surface area contributed by atoms with Gasteiger partial charge < -0.3 is 0 Å². The highest BCUT2D eigenvalue weighted by molar-refractivity contribution is 6.23. The zero-order valence-corrected chi connectivity index (χ0v) is 8.32. The predicted molar refractivity (Wildman–Crippen MR) is 56.9 cm³/mol. The van der Waals surface area contributed by atoms with Crippen molar-refractivity contribution in [2.45, 2.75) is 56.6 Å². The van der Waals surface area contributed by atoms with E-state index in [1.165, 1.54) is 38.5 Å². The van der Waals surface area contributed by atoms with Gasteiger partial charge in [-0.1, -0.05) is 56.6 Å². The fourth-order valence-corrected chi connectivity index (χ4v) is 2.11. The van der Waals surface area contributed by atoms with Gasteiger partial charge in [0, 0.05) is 0 Å². The van der Waals surface area contributed by atoms with Crippen LogP contribution in [-0.4, -0.2) is 15.7 Å². The Balaban J connectivity index is 2.52. The minimum atomic E-state index is 0.663. The Morgan fingerprint density at radius 1 is 1.09 bits per heavy atom. The summed E-state index contributed by atoms with van der Waals surface area (Å²) in [7, 11) is 4.86. The van der Waals surface area contributed by atoms with E-state index in [4.69, 9.17) is 0 Å². The van der Waals surface area contributed by atoms with Crippen molar-refractivity contribution in [1.82, 2.24) is 0 Å². The van der Waals surface area contributed by atoms with Crippen LogP contribution in [0.3, 0.4) is 0 Å². The van der Waals surface area contributed by atoms with Gasteiger partial charge in [-0.05, 0) is 0 Å². The normalized spacial score (nSPS) is 27.4. The second-order valence-electron chi connectivity index (χ2n) is 4.72. The SMILES string of the molecule is BC(C)C1(B)CCCCCC1. The average Bonchev–Trinajstić information content (AvgIpc) is 2.15. The molecule has 0 spiro atoms. The highest BCUT2D eigenvalue weighted by Gasteiger charge is 2.28. The molecule has 2 heteroatoms. The zero-order chi connectivity index (χ0) is 8.32. The molecule has 0 N–H and O–H groups in total. The molecule has 0 aromatic rings. The van der Waals surface area contributed by atoms with Crippen molar-refractivity contribution in [2.75, 3.05) is 0 Å². The largest absolute Gasteiger partial charge is 0.108 e. The monoisotopic (exact) mass is 150 g/mol. The van der Waals surface area contributed by atoms with Crippen molar-refractivity contribution in [2.24, 2.45) is 0 Å². The molecule has 11 heavy (non-hydrogen) atoms. The first-order valence-corrected chi connectivity index (χ1v) is 5.15. The summed E-state index contributed by atoms with van der Waals surface area (Å²) in [4.78, 5) is 0. The van der Waals surface area contributed by atoms with Crippen LogP contribution in [0.15, 0.2) is 0 Å². The van der Waals surface area contributed by atoms with Gasteiger partial charge in [-0.2, -0.15) is 0 Å². The molecule has 0 saturated heterocycles. The summed E-state index contributed by atoms with van der Waals surface area (Å²) in [6, 6.07) is 0. The van der Waals surface area contributed by atoms with E-state index >= 15 is 0 Å². The molecule has 1 aliphatic rings. The van der Waals surface area contributed by atoms with Crippen LogP contribution in [0.1, 0.15) is 45.4 Å². The molecule has 1 aliphatic carbocycles. The van der Waals surface area contributed by atoms with E-state index in [9.17, 15) is 0 Å². The number of rotatable bonds is 1. The molecule has 0 bridgehead atoms. The van der Waals surface area contributed by atoms with Crippen LogP contribution >= 0.6 is 0 Å². The molecule has 0 aromatic carbocycles. The van der Waals surface area contributed by atoms with E-state index in [1.54, 1.807) is 0 Å². The molecular formula is C9H20B2. The molecule has 62 valence electrons. The van der Waals surface area contributed by atoms with Gasteiger partial charge in [0.05, 0.1) is 0 Å². The Kier molecular flexibility index (Phi) is 3.09. The summed E-state index contributed by atoms with van der Waals surface area (Å²) in [5, 5.41) is 0.663. The highest BCUT2D eigenvalue weighted by Crippen LogP contribution is 2.46. The first kappa shape index (κ1) is 9.22. The zero-order valence-electron chi connectivity index (χ0n) is 8.32. The summed E-state index contributed by atoms with van der Waals surface area (Å²) in [5.41, 5.74) is 0. The van der Waals surface area contributed by atoms with Crippen LogP contribution in [0.25, 0.3) is 0 Å². The molecule has 0 nitrogen and oxygen atoms in total. The van der Waals surface area contributed by atoms with Gasteiger partial charge in [0.15, 0.2) is 0 Å². The van der Waals surface area contributed by atoms with Gasteiger partial charge >= 0.3 is 0 Å². The second-order valence-corrected chi connectivity index (χ2v) is 4.72. The summed E-state index contributed by atoms with van der Waals surface area (Å²) in [5.74, 6) is 0.876. The maximum absolute atomic E-state index is 2.48. The third kappa shape index (κ3) is 2.28. The van der Waals surface area contributed by atoms with Gasteiger partial charge in [0.1, 0.15) is 15.7 Å². The van der Waals surface area contributed by atoms with E-state index in [0.717, 1.165) is 5.82 Å². The molecule has 0 aromatic heterocycles. The molecule has 0 amide bonds. The Morgan fingerprint density at radius 3 is 1.91 bits per heavy atom. The van der Waals surface area contributed by atoms with E-state index in [-0.39, 0.29) is 0 Å². The third-order valence-corrected chi connectivity index (χ3v) is 3.64. The second kappa shape index (κ2) is 3.69. The fourth-order valence-electron chi connectivity index (χ4n) is 2.11. The quantitative estimate of drug-likeness (QED) is 0.393. The van der Waals surface area contributed by atoms with Crippen LogP contribution < -0.4 is 0 Å². The van der Waals surface area contributed by atoms with Gasteiger partial charge in [0.2, 0.25) is 0 Å². The van der Waals surface area contributed by atoms with E-state index < -0.39 is 0 Å². The van der Waals surface area contributed by atoms with E-state index in [0.29, 0.717) is 5.31 Å². The lowest BCUT2D eigenvalue weighted by molar-refractivity contribution is 0.472. The molecule has 1 unspecified atom stereocenters. The Bertz CT molecular complexity index is 113. The van der Waals surface area contributed by atoms with Crippen molar-refractivity contribution in [3.63, 3.8) is 0 Å². The van der Waals surface area contributed by atoms with Crippen LogP contribution in [0.2, 0.25) is 11.1 Å². The lowest BCUT2D eigenvalue weighted by atomic mass is 9.51. The first-order chi connectivity index (χ1) is 5.15. The van der Waals surface area contributed by atoms with E-state index in [1.807, 2.05) is 0 Å². The van der Waals surface area contributed by atoms with Crippen LogP contribution in [-0.2, 0) is 0 Å². The topological polar surface area (TPSA) is 0 Å². The van der Waals surface area contributed by atoms with Crippen LogP contribution in [0.4, 0.5) is 0 Å². The van der Waals surface area contributed by atoms with Gasteiger partial charge in [-0.15, -0.1) is 0 Å². The summed E-state index contributed by atoms with van der Waals surface area (Å²) >= 11 is 0. The number of hydrogen-bond donors (Lipinski definition) is 0. The molecule has 0 radical (unpaired) electrons. The minimum Gasteiger partial charge on any atom is -0.0740 e. The molecule has 1 atom stereocenters. The summed E-state index contributed by atoms with van der Waals surface area (Å²) in [6.45, 7) is 2.38. The Morgan fingerprint density at radius 2 is 1.55 bits per heavy atom. The Hall–Kier alpha value is 0.130. The van der Waals surface area contributed by atoms with Crippen molar-refractivity contribution < 1.29 is 0 Å². The van der Waals surface area contributed by atoms with Crippen molar-refractivity contribution >= 4 is 15.7 Å². The van der Waals surface area contributed by atoms with Crippen molar-refractivity contribution in [3.05, 3.63) is 0 Å². The summed E-state index contributed by atoms with van der Waals surface area (Å²) in [6.07, 6.45) is 8.81. The molecule has 1 rings (SSSR count). The maximum atomic E-state index is 2.48. The van der Waals surface area contributed by atoms with Crippen LogP contribution in [0.5, 0.6) is 0 Å². The molecular weight excluding hydrogens is 130 g/mol. The number of hydrogen-bond acceptors (Lipinski definition) is 0. The molecule has 0 heterocycles. The van der Waals surface area contributed by atoms with Crippen molar-refractivity contribution in [1.29, 1.82) is 0 Å². The van der Waals surface area contributed by atoms with Crippen LogP contribution in [0, 0.1) is 0 Å². The molecule has 1 fully saturated rings. The van der Waals surface area contributed by atoms with Gasteiger partial charge in [-0.25, -0.2) is 0 Å². The Labute approximate surface area is 73.0 Å². The molecule has 0 aliphatic heterocycles. The minimum absolute atomic E-state index is 0.663. The fraction of sp³-hybridized carbons (Fsp3) is 1.00. The lowest BCUT2D eigenvalue weighted by Crippen LogP contribution is -2.17. The average molecular weight is 150 g/mol. The molecule has 1 saturated carbocycles. The van der Waals surface area contributed by atoms with Gasteiger partial charge in [0.25, 0.3) is 0 Å². The van der Waals surface area contributed by atoms with Crippen molar-refractivity contribution in [3.8, 4) is 0 Å². The highest BCUT2D eigenvalue weighted by atomic mass is 14.3. The first-order valence-electron chi connectivity index (χ1n) is 5.15. The van der Waals surface area contributed by atoms with E-state index in [2.05, 4.69) is 22.6 Å². The predicted octanol–water partition coefficient (Wildman–Crippen LogP) is 1.57.